The van der Waals surface area contributed by atoms with Crippen LogP contribution in [0.25, 0.3) is 0 Å². The van der Waals surface area contributed by atoms with Crippen LogP contribution in [-0.2, 0) is 7.05 Å². The molecule has 0 spiro atoms. The molecule has 0 bridgehead atoms. The van der Waals surface area contributed by atoms with E-state index in [9.17, 15) is 4.79 Å². The van der Waals surface area contributed by atoms with E-state index in [2.05, 4.69) is 0 Å². The molecule has 1 atom stereocenters. The molecule has 0 aliphatic rings. The summed E-state index contributed by atoms with van der Waals surface area (Å²) in [7, 11) is 1.76. The summed E-state index contributed by atoms with van der Waals surface area (Å²) in [5, 5.41) is 0. The molecule has 0 N–H and O–H groups in total. The van der Waals surface area contributed by atoms with E-state index >= 15 is 0 Å². The van der Waals surface area contributed by atoms with Gasteiger partial charge in [0.15, 0.2) is 0 Å². The maximum atomic E-state index is 11.7. The van der Waals surface area contributed by atoms with Crippen molar-refractivity contribution in [2.24, 2.45) is 7.05 Å². The number of aromatic nitrogens is 2. The highest BCUT2D eigenvalue weighted by Gasteiger charge is 2.09. The fourth-order valence-electron chi connectivity index (χ4n) is 1.67. The molecule has 1 aromatic carbocycles. The third kappa shape index (κ3) is 1.73. The molecule has 2 aromatic rings. The predicted molar refractivity (Wildman–Crippen MR) is 59.9 cm³/mol. The van der Waals surface area contributed by atoms with Gasteiger partial charge in [-0.1, -0.05) is 30.3 Å². The first-order valence-corrected chi connectivity index (χ1v) is 4.98. The zero-order chi connectivity index (χ0) is 10.8. The Bertz CT molecular complexity index is 496. The summed E-state index contributed by atoms with van der Waals surface area (Å²) >= 11 is 0. The zero-order valence-corrected chi connectivity index (χ0v) is 8.92. The van der Waals surface area contributed by atoms with Crippen molar-refractivity contribution in [3.8, 4) is 0 Å². The number of imidazole rings is 1. The number of nitrogens with zero attached hydrogens (tertiary/aromatic N) is 2. The Morgan fingerprint density at radius 2 is 1.80 bits per heavy atom. The van der Waals surface area contributed by atoms with Crippen LogP contribution in [0.2, 0.25) is 0 Å². The van der Waals surface area contributed by atoms with Crippen LogP contribution >= 0.6 is 0 Å². The summed E-state index contributed by atoms with van der Waals surface area (Å²) in [5.41, 5.74) is 1.16. The van der Waals surface area contributed by atoms with E-state index < -0.39 is 0 Å². The van der Waals surface area contributed by atoms with Gasteiger partial charge < -0.3 is 4.57 Å². The number of hydrogen-bond acceptors (Lipinski definition) is 1. The Morgan fingerprint density at radius 1 is 1.13 bits per heavy atom. The largest absolute Gasteiger partial charge is 0.328 e. The standard InChI is InChI=1S/C12H14N2O/c1-10(11-6-4-3-5-7-11)14-9-8-13(2)12(14)15/h3-10H,1-2H3. The summed E-state index contributed by atoms with van der Waals surface area (Å²) in [6.07, 6.45) is 3.60. The lowest BCUT2D eigenvalue weighted by atomic mass is 10.1. The first kappa shape index (κ1) is 9.77. The van der Waals surface area contributed by atoms with Gasteiger partial charge in [0, 0.05) is 19.4 Å². The van der Waals surface area contributed by atoms with Gasteiger partial charge in [-0.3, -0.25) is 4.57 Å². The van der Waals surface area contributed by atoms with Gasteiger partial charge in [-0.05, 0) is 12.5 Å². The number of benzene rings is 1. The summed E-state index contributed by atoms with van der Waals surface area (Å²) in [5.74, 6) is 0. The van der Waals surface area contributed by atoms with Crippen molar-refractivity contribution in [3.63, 3.8) is 0 Å². The van der Waals surface area contributed by atoms with Crippen molar-refractivity contribution in [2.75, 3.05) is 0 Å². The maximum absolute atomic E-state index is 11.7. The second kappa shape index (κ2) is 3.77. The fraction of sp³-hybridized carbons (Fsp3) is 0.250. The minimum absolute atomic E-state index is 0.0198. The molecule has 1 heterocycles. The van der Waals surface area contributed by atoms with E-state index in [1.807, 2.05) is 43.5 Å². The molecule has 0 amide bonds. The molecule has 15 heavy (non-hydrogen) atoms. The summed E-state index contributed by atoms with van der Waals surface area (Å²) < 4.78 is 3.31. The molecule has 3 heteroatoms. The molecule has 1 aromatic heterocycles. The van der Waals surface area contributed by atoms with Crippen LogP contribution in [0.5, 0.6) is 0 Å². The second-order valence-electron chi connectivity index (χ2n) is 3.69. The highest BCUT2D eigenvalue weighted by atomic mass is 16.1. The van der Waals surface area contributed by atoms with E-state index in [0.717, 1.165) is 5.56 Å². The maximum Gasteiger partial charge on any atom is 0.328 e. The lowest BCUT2D eigenvalue weighted by molar-refractivity contribution is 0.601. The van der Waals surface area contributed by atoms with Crippen molar-refractivity contribution in [1.82, 2.24) is 9.13 Å². The van der Waals surface area contributed by atoms with Crippen molar-refractivity contribution >= 4 is 0 Å². The van der Waals surface area contributed by atoms with Gasteiger partial charge in [-0.15, -0.1) is 0 Å². The van der Waals surface area contributed by atoms with E-state index in [0.29, 0.717) is 0 Å². The summed E-state index contributed by atoms with van der Waals surface area (Å²) in [4.78, 5) is 11.7. The monoisotopic (exact) mass is 202 g/mol. The number of rotatable bonds is 2. The Labute approximate surface area is 88.6 Å². The summed E-state index contributed by atoms with van der Waals surface area (Å²) in [6.45, 7) is 2.02. The highest BCUT2D eigenvalue weighted by molar-refractivity contribution is 5.19. The van der Waals surface area contributed by atoms with E-state index in [1.165, 1.54) is 0 Å². The normalized spacial score (nSPS) is 12.7. The van der Waals surface area contributed by atoms with Gasteiger partial charge >= 0.3 is 5.69 Å². The highest BCUT2D eigenvalue weighted by Crippen LogP contribution is 2.14. The van der Waals surface area contributed by atoms with Crippen molar-refractivity contribution < 1.29 is 0 Å². The van der Waals surface area contributed by atoms with Gasteiger partial charge in [0.25, 0.3) is 0 Å². The van der Waals surface area contributed by atoms with E-state index in [1.54, 1.807) is 22.4 Å². The Morgan fingerprint density at radius 3 is 2.33 bits per heavy atom. The molecule has 3 nitrogen and oxygen atoms in total. The van der Waals surface area contributed by atoms with Crippen molar-refractivity contribution in [2.45, 2.75) is 13.0 Å². The molecule has 2 rings (SSSR count). The average Bonchev–Trinajstić information content (AvgIpc) is 2.60. The van der Waals surface area contributed by atoms with Gasteiger partial charge in [-0.2, -0.15) is 0 Å². The molecule has 0 aliphatic carbocycles. The summed E-state index contributed by atoms with van der Waals surface area (Å²) in [6, 6.07) is 10.1. The Balaban J connectivity index is 2.41. The van der Waals surface area contributed by atoms with Crippen molar-refractivity contribution in [3.05, 3.63) is 58.8 Å². The molecule has 0 radical (unpaired) electrons. The van der Waals surface area contributed by atoms with Gasteiger partial charge in [0.2, 0.25) is 0 Å². The lowest BCUT2D eigenvalue weighted by Crippen LogP contribution is -2.24. The smallest absolute Gasteiger partial charge is 0.302 e. The first-order valence-electron chi connectivity index (χ1n) is 4.98. The second-order valence-corrected chi connectivity index (χ2v) is 3.69. The fourth-order valence-corrected chi connectivity index (χ4v) is 1.67. The molecular weight excluding hydrogens is 188 g/mol. The minimum atomic E-state index is 0.0198. The molecule has 0 saturated heterocycles. The molecule has 1 unspecified atom stereocenters. The first-order chi connectivity index (χ1) is 7.20. The molecule has 0 saturated carbocycles. The van der Waals surface area contributed by atoms with Gasteiger partial charge in [0.05, 0.1) is 6.04 Å². The van der Waals surface area contributed by atoms with E-state index in [4.69, 9.17) is 0 Å². The van der Waals surface area contributed by atoms with Crippen LogP contribution in [0, 0.1) is 0 Å². The number of hydrogen-bond donors (Lipinski definition) is 0. The predicted octanol–water partition coefficient (Wildman–Crippen LogP) is 1.80. The zero-order valence-electron chi connectivity index (χ0n) is 8.92. The molecule has 0 fully saturated rings. The quantitative estimate of drug-likeness (QED) is 0.729. The van der Waals surface area contributed by atoms with Crippen LogP contribution < -0.4 is 5.69 Å². The average molecular weight is 202 g/mol. The Kier molecular flexibility index (Phi) is 2.46. The van der Waals surface area contributed by atoms with Crippen LogP contribution in [0.4, 0.5) is 0 Å². The van der Waals surface area contributed by atoms with Gasteiger partial charge in [0.1, 0.15) is 0 Å². The molecular formula is C12H14N2O. The Hall–Kier alpha value is -1.77. The van der Waals surface area contributed by atoms with E-state index in [-0.39, 0.29) is 11.7 Å². The van der Waals surface area contributed by atoms with Crippen molar-refractivity contribution in [1.29, 1.82) is 0 Å². The topological polar surface area (TPSA) is 26.9 Å². The van der Waals surface area contributed by atoms with Crippen LogP contribution in [0.1, 0.15) is 18.5 Å². The third-order valence-corrected chi connectivity index (χ3v) is 2.67. The molecule has 0 aliphatic heterocycles. The third-order valence-electron chi connectivity index (χ3n) is 2.67. The lowest BCUT2D eigenvalue weighted by Gasteiger charge is -2.12. The molecule has 78 valence electrons. The SMILES string of the molecule is CC(c1ccccc1)n1ccn(C)c1=O. The minimum Gasteiger partial charge on any atom is -0.302 e. The van der Waals surface area contributed by atoms with Crippen LogP contribution in [-0.4, -0.2) is 9.13 Å². The van der Waals surface area contributed by atoms with Crippen LogP contribution in [0.3, 0.4) is 0 Å². The van der Waals surface area contributed by atoms with Gasteiger partial charge in [-0.25, -0.2) is 4.79 Å². The number of aryl methyl sites for hydroxylation is 1. The van der Waals surface area contributed by atoms with Crippen LogP contribution in [0.15, 0.2) is 47.5 Å².